The van der Waals surface area contributed by atoms with E-state index < -0.39 is 5.91 Å². The highest BCUT2D eigenvalue weighted by molar-refractivity contribution is 5.93. The molecule has 1 amide bonds. The smallest absolute Gasteiger partial charge is 0.291 e. The van der Waals surface area contributed by atoms with E-state index in [9.17, 15) is 4.79 Å². The maximum atomic E-state index is 12.2. The number of hydrogen-bond donors (Lipinski definition) is 2. The Labute approximate surface area is 152 Å². The summed E-state index contributed by atoms with van der Waals surface area (Å²) in [4.78, 5) is 12.2. The molecule has 1 heterocycles. The summed E-state index contributed by atoms with van der Waals surface area (Å²) in [5.74, 6) is 1.04. The van der Waals surface area contributed by atoms with Gasteiger partial charge in [0.25, 0.3) is 5.91 Å². The molecule has 2 aromatic rings. The largest absolute Gasteiger partial charge is 0.493 e. The molecule has 0 bridgehead atoms. The quantitative estimate of drug-likeness (QED) is 0.609. The summed E-state index contributed by atoms with van der Waals surface area (Å²) in [6, 6.07) is 5.19. The summed E-state index contributed by atoms with van der Waals surface area (Å²) in [7, 11) is 4.58. The maximum absolute atomic E-state index is 12.2. The number of rotatable bonds is 6. The van der Waals surface area contributed by atoms with Gasteiger partial charge < -0.3 is 14.2 Å². The predicted octanol–water partition coefficient (Wildman–Crippen LogP) is 2.50. The minimum Gasteiger partial charge on any atom is -0.493 e. The topological polar surface area (TPSA) is 97.8 Å². The summed E-state index contributed by atoms with van der Waals surface area (Å²) >= 11 is 0. The highest BCUT2D eigenvalue weighted by atomic mass is 16.5. The van der Waals surface area contributed by atoms with Crippen molar-refractivity contribution in [2.24, 2.45) is 5.10 Å². The summed E-state index contributed by atoms with van der Waals surface area (Å²) in [5, 5.41) is 10.9. The van der Waals surface area contributed by atoms with Gasteiger partial charge in [0.2, 0.25) is 5.75 Å². The number of aromatic amines is 1. The van der Waals surface area contributed by atoms with Crippen molar-refractivity contribution in [3.63, 3.8) is 0 Å². The highest BCUT2D eigenvalue weighted by Gasteiger charge is 2.19. The standard InChI is InChI=1S/C18H24N4O4/c1-18(2,3)14-9-12(20-21-14)17(23)22-19-10-11-7-8-13(24-4)16(26-6)15(11)25-5/h7-10H,1-6H3,(H,20,21)(H,22,23)/b19-10+. The van der Waals surface area contributed by atoms with Gasteiger partial charge in [-0.15, -0.1) is 0 Å². The number of amides is 1. The average molecular weight is 360 g/mol. The fourth-order valence-corrected chi connectivity index (χ4v) is 2.27. The molecule has 140 valence electrons. The van der Waals surface area contributed by atoms with Gasteiger partial charge in [0.15, 0.2) is 17.2 Å². The molecule has 0 saturated heterocycles. The zero-order chi connectivity index (χ0) is 19.3. The molecule has 0 radical (unpaired) electrons. The normalized spacial score (nSPS) is 11.5. The lowest BCUT2D eigenvalue weighted by molar-refractivity contribution is 0.0950. The van der Waals surface area contributed by atoms with Crippen molar-refractivity contribution in [1.29, 1.82) is 0 Å². The van der Waals surface area contributed by atoms with E-state index in [4.69, 9.17) is 14.2 Å². The van der Waals surface area contributed by atoms with Gasteiger partial charge in [-0.05, 0) is 18.2 Å². The number of benzene rings is 1. The van der Waals surface area contributed by atoms with E-state index in [1.807, 2.05) is 20.8 Å². The maximum Gasteiger partial charge on any atom is 0.291 e. The Morgan fingerprint density at radius 2 is 1.85 bits per heavy atom. The van der Waals surface area contributed by atoms with Crippen LogP contribution in [0.3, 0.4) is 0 Å². The lowest BCUT2D eigenvalue weighted by Crippen LogP contribution is -2.18. The van der Waals surface area contributed by atoms with Crippen LogP contribution in [0.25, 0.3) is 0 Å². The number of nitrogens with zero attached hydrogens (tertiary/aromatic N) is 2. The third-order valence-electron chi connectivity index (χ3n) is 3.72. The van der Waals surface area contributed by atoms with E-state index in [2.05, 4.69) is 20.7 Å². The van der Waals surface area contributed by atoms with Gasteiger partial charge in [-0.2, -0.15) is 10.2 Å². The molecule has 1 aromatic heterocycles. The van der Waals surface area contributed by atoms with Crippen LogP contribution in [0, 0.1) is 0 Å². The molecule has 0 aliphatic heterocycles. The first-order chi connectivity index (χ1) is 12.3. The molecule has 1 aromatic carbocycles. The number of hydrogen-bond acceptors (Lipinski definition) is 6. The Bertz CT molecular complexity index is 806. The van der Waals surface area contributed by atoms with Crippen molar-refractivity contribution in [1.82, 2.24) is 15.6 Å². The van der Waals surface area contributed by atoms with Crippen LogP contribution in [-0.4, -0.2) is 43.6 Å². The SMILES string of the molecule is COc1ccc(/C=N/NC(=O)c2cc(C(C)(C)C)[nH]n2)c(OC)c1OC. The molecular weight excluding hydrogens is 336 g/mol. The van der Waals surface area contributed by atoms with Crippen molar-refractivity contribution in [3.05, 3.63) is 35.2 Å². The Morgan fingerprint density at radius 1 is 1.15 bits per heavy atom. The van der Waals surface area contributed by atoms with Crippen molar-refractivity contribution in [2.45, 2.75) is 26.2 Å². The molecular formula is C18H24N4O4. The Balaban J connectivity index is 2.15. The second-order valence-corrected chi connectivity index (χ2v) is 6.54. The average Bonchev–Trinajstić information content (AvgIpc) is 3.11. The van der Waals surface area contributed by atoms with E-state index in [1.165, 1.54) is 20.4 Å². The molecule has 26 heavy (non-hydrogen) atoms. The molecule has 0 atom stereocenters. The van der Waals surface area contributed by atoms with Crippen molar-refractivity contribution < 1.29 is 19.0 Å². The molecule has 0 saturated carbocycles. The van der Waals surface area contributed by atoms with Gasteiger partial charge in [0, 0.05) is 16.7 Å². The molecule has 0 aliphatic carbocycles. The number of methoxy groups -OCH3 is 3. The molecule has 2 N–H and O–H groups in total. The van der Waals surface area contributed by atoms with Gasteiger partial charge >= 0.3 is 0 Å². The fourth-order valence-electron chi connectivity index (χ4n) is 2.27. The van der Waals surface area contributed by atoms with Gasteiger partial charge in [-0.25, -0.2) is 5.43 Å². The van der Waals surface area contributed by atoms with Crippen LogP contribution in [0.15, 0.2) is 23.3 Å². The predicted molar refractivity (Wildman–Crippen MR) is 98.4 cm³/mol. The molecule has 8 nitrogen and oxygen atoms in total. The fraction of sp³-hybridized carbons (Fsp3) is 0.389. The molecule has 0 fully saturated rings. The molecule has 2 rings (SSSR count). The van der Waals surface area contributed by atoms with Crippen LogP contribution in [0.2, 0.25) is 0 Å². The van der Waals surface area contributed by atoms with Crippen LogP contribution >= 0.6 is 0 Å². The van der Waals surface area contributed by atoms with E-state index in [0.29, 0.717) is 22.8 Å². The van der Waals surface area contributed by atoms with Gasteiger partial charge in [0.1, 0.15) is 0 Å². The lowest BCUT2D eigenvalue weighted by Gasteiger charge is -2.14. The lowest BCUT2D eigenvalue weighted by atomic mass is 9.92. The summed E-state index contributed by atoms with van der Waals surface area (Å²) in [6.07, 6.45) is 1.47. The number of ether oxygens (including phenoxy) is 3. The minimum absolute atomic E-state index is 0.123. The molecule has 0 aliphatic rings. The van der Waals surface area contributed by atoms with E-state index in [-0.39, 0.29) is 11.1 Å². The first kappa shape index (κ1) is 19.3. The monoisotopic (exact) mass is 360 g/mol. The van der Waals surface area contributed by atoms with E-state index in [0.717, 1.165) is 5.69 Å². The van der Waals surface area contributed by atoms with Gasteiger partial charge in [0.05, 0.1) is 27.5 Å². The minimum atomic E-state index is -0.410. The van der Waals surface area contributed by atoms with E-state index in [1.54, 1.807) is 25.3 Å². The summed E-state index contributed by atoms with van der Waals surface area (Å²) < 4.78 is 15.9. The Hall–Kier alpha value is -3.03. The summed E-state index contributed by atoms with van der Waals surface area (Å²) in [5.41, 5.74) is 4.09. The number of H-pyrrole nitrogens is 1. The van der Waals surface area contributed by atoms with E-state index >= 15 is 0 Å². The van der Waals surface area contributed by atoms with Crippen LogP contribution in [0.5, 0.6) is 17.2 Å². The number of hydrazone groups is 1. The first-order valence-corrected chi connectivity index (χ1v) is 8.00. The third-order valence-corrected chi connectivity index (χ3v) is 3.72. The first-order valence-electron chi connectivity index (χ1n) is 8.00. The third kappa shape index (κ3) is 4.14. The zero-order valence-electron chi connectivity index (χ0n) is 15.8. The van der Waals surface area contributed by atoms with Crippen molar-refractivity contribution in [2.75, 3.05) is 21.3 Å². The number of carbonyl (C=O) groups is 1. The van der Waals surface area contributed by atoms with Crippen LogP contribution in [0.1, 0.15) is 42.5 Å². The summed E-state index contributed by atoms with van der Waals surface area (Å²) in [6.45, 7) is 6.09. The number of carbonyl (C=O) groups excluding carboxylic acids is 1. The highest BCUT2D eigenvalue weighted by Crippen LogP contribution is 2.38. The van der Waals surface area contributed by atoms with Crippen molar-refractivity contribution in [3.8, 4) is 17.2 Å². The molecule has 0 unspecified atom stereocenters. The second kappa shape index (κ2) is 7.90. The van der Waals surface area contributed by atoms with Gasteiger partial charge in [-0.3, -0.25) is 9.89 Å². The Kier molecular flexibility index (Phi) is 5.86. The van der Waals surface area contributed by atoms with Crippen LogP contribution < -0.4 is 19.6 Å². The van der Waals surface area contributed by atoms with Crippen LogP contribution in [-0.2, 0) is 5.41 Å². The number of aromatic nitrogens is 2. The second-order valence-electron chi connectivity index (χ2n) is 6.54. The van der Waals surface area contributed by atoms with Crippen LogP contribution in [0.4, 0.5) is 0 Å². The number of nitrogens with one attached hydrogen (secondary N) is 2. The zero-order valence-corrected chi connectivity index (χ0v) is 15.8. The molecule has 8 heteroatoms. The molecule has 0 spiro atoms. The Morgan fingerprint density at radius 3 is 2.38 bits per heavy atom. The van der Waals surface area contributed by atoms with Gasteiger partial charge in [-0.1, -0.05) is 20.8 Å². The van der Waals surface area contributed by atoms with Crippen molar-refractivity contribution >= 4 is 12.1 Å².